The van der Waals surface area contributed by atoms with Crippen LogP contribution in [0.2, 0.25) is 0 Å². The molecule has 1 aliphatic rings. The van der Waals surface area contributed by atoms with Crippen LogP contribution in [0.25, 0.3) is 0 Å². The first-order valence-corrected chi connectivity index (χ1v) is 8.08. The predicted molar refractivity (Wildman–Crippen MR) is 78.1 cm³/mol. The average molecular weight is 315 g/mol. The lowest BCUT2D eigenvalue weighted by atomic mass is 9.91. The monoisotopic (exact) mass is 315 g/mol. The Hall–Kier alpha value is -1.14. The van der Waals surface area contributed by atoms with Crippen molar-refractivity contribution in [1.29, 1.82) is 0 Å². The second-order valence-corrected chi connectivity index (χ2v) is 6.24. The zero-order valence-corrected chi connectivity index (χ0v) is 12.5. The van der Waals surface area contributed by atoms with Gasteiger partial charge in [-0.25, -0.2) is 8.78 Å². The molecule has 0 heterocycles. The van der Waals surface area contributed by atoms with Gasteiger partial charge in [-0.05, 0) is 37.5 Å². The first kappa shape index (κ1) is 16.2. The van der Waals surface area contributed by atoms with Crippen molar-refractivity contribution in [3.63, 3.8) is 0 Å². The molecule has 1 saturated carbocycles. The molecule has 0 bridgehead atoms. The molecular weight excluding hydrogens is 296 g/mol. The third-order valence-corrected chi connectivity index (χ3v) is 4.65. The zero-order chi connectivity index (χ0) is 15.2. The van der Waals surface area contributed by atoms with Gasteiger partial charge in [0.2, 0.25) is 5.91 Å². The summed E-state index contributed by atoms with van der Waals surface area (Å²) in [7, 11) is 0. The third-order valence-electron chi connectivity index (χ3n) is 3.65. The number of thioether (sulfide) groups is 1. The van der Waals surface area contributed by atoms with Crippen molar-refractivity contribution in [1.82, 2.24) is 4.90 Å². The molecule has 2 rings (SSSR count). The van der Waals surface area contributed by atoms with E-state index in [-0.39, 0.29) is 18.6 Å². The largest absolute Gasteiger partial charge is 0.395 e. The van der Waals surface area contributed by atoms with E-state index in [4.69, 9.17) is 5.11 Å². The highest BCUT2D eigenvalue weighted by atomic mass is 32.2. The fourth-order valence-corrected chi connectivity index (χ4v) is 3.15. The van der Waals surface area contributed by atoms with Crippen molar-refractivity contribution in [3.05, 3.63) is 29.8 Å². The van der Waals surface area contributed by atoms with Gasteiger partial charge in [-0.1, -0.05) is 0 Å². The highest BCUT2D eigenvalue weighted by molar-refractivity contribution is 7.99. The van der Waals surface area contributed by atoms with Crippen molar-refractivity contribution < 1.29 is 18.7 Å². The summed E-state index contributed by atoms with van der Waals surface area (Å²) >= 11 is 1.33. The van der Waals surface area contributed by atoms with E-state index in [9.17, 15) is 13.6 Å². The molecule has 1 aromatic carbocycles. The lowest BCUT2D eigenvalue weighted by molar-refractivity contribution is -0.135. The van der Waals surface area contributed by atoms with Gasteiger partial charge in [0.15, 0.2) is 11.6 Å². The molecule has 0 aliphatic heterocycles. The first-order chi connectivity index (χ1) is 10.1. The van der Waals surface area contributed by atoms with Gasteiger partial charge in [-0.2, -0.15) is 0 Å². The van der Waals surface area contributed by atoms with Gasteiger partial charge >= 0.3 is 0 Å². The zero-order valence-electron chi connectivity index (χ0n) is 11.7. The van der Waals surface area contributed by atoms with Crippen LogP contribution in [0.3, 0.4) is 0 Å². The van der Waals surface area contributed by atoms with E-state index in [0.29, 0.717) is 23.6 Å². The number of hydrogen-bond acceptors (Lipinski definition) is 3. The molecule has 1 fully saturated rings. The smallest absolute Gasteiger partial charge is 0.223 e. The Morgan fingerprint density at radius 1 is 1.33 bits per heavy atom. The fraction of sp³-hybridized carbons (Fsp3) is 0.533. The van der Waals surface area contributed by atoms with E-state index >= 15 is 0 Å². The Labute approximate surface area is 127 Å². The molecule has 6 heteroatoms. The number of aliphatic hydroxyl groups excluding tert-OH is 1. The molecule has 1 amide bonds. The second-order valence-electron chi connectivity index (χ2n) is 5.07. The second kappa shape index (κ2) is 7.75. The van der Waals surface area contributed by atoms with E-state index in [0.717, 1.165) is 31.4 Å². The molecule has 116 valence electrons. The van der Waals surface area contributed by atoms with Crippen LogP contribution >= 0.6 is 11.8 Å². The Kier molecular flexibility index (Phi) is 5.99. The number of hydrogen-bond donors (Lipinski definition) is 1. The van der Waals surface area contributed by atoms with Gasteiger partial charge in [0, 0.05) is 29.7 Å². The van der Waals surface area contributed by atoms with Gasteiger partial charge in [0.1, 0.15) is 0 Å². The molecule has 0 saturated heterocycles. The number of rotatable bonds is 7. The number of nitrogens with zero attached hydrogens (tertiary/aromatic N) is 1. The van der Waals surface area contributed by atoms with E-state index in [1.807, 2.05) is 0 Å². The average Bonchev–Trinajstić information content (AvgIpc) is 2.40. The summed E-state index contributed by atoms with van der Waals surface area (Å²) in [4.78, 5) is 14.5. The number of carbonyl (C=O) groups excluding carboxylic acids is 1. The maximum absolute atomic E-state index is 13.1. The topological polar surface area (TPSA) is 40.5 Å². The summed E-state index contributed by atoms with van der Waals surface area (Å²) < 4.78 is 25.9. The van der Waals surface area contributed by atoms with E-state index in [1.165, 1.54) is 17.8 Å². The predicted octanol–water partition coefficient (Wildman–Crippen LogP) is 2.82. The van der Waals surface area contributed by atoms with Crippen molar-refractivity contribution in [2.75, 3.05) is 18.9 Å². The minimum atomic E-state index is -0.872. The molecule has 1 N–H and O–H groups in total. The lowest BCUT2D eigenvalue weighted by Crippen LogP contribution is -2.45. The summed E-state index contributed by atoms with van der Waals surface area (Å²) in [5.41, 5.74) is 0. The maximum atomic E-state index is 13.1. The van der Waals surface area contributed by atoms with E-state index in [2.05, 4.69) is 0 Å². The third kappa shape index (κ3) is 4.41. The Morgan fingerprint density at radius 3 is 2.67 bits per heavy atom. The van der Waals surface area contributed by atoms with Gasteiger partial charge < -0.3 is 10.0 Å². The first-order valence-electron chi connectivity index (χ1n) is 7.10. The standard InChI is InChI=1S/C15H19F2NO2S/c16-13-5-4-12(10-14(13)17)21-9-6-15(20)18(7-8-19)11-2-1-3-11/h4-5,10-11,19H,1-3,6-9H2. The van der Waals surface area contributed by atoms with Crippen molar-refractivity contribution >= 4 is 17.7 Å². The lowest BCUT2D eigenvalue weighted by Gasteiger charge is -2.37. The van der Waals surface area contributed by atoms with E-state index in [1.54, 1.807) is 4.90 Å². The van der Waals surface area contributed by atoms with Crippen LogP contribution in [0, 0.1) is 11.6 Å². The number of amides is 1. The Bertz CT molecular complexity index is 495. The van der Waals surface area contributed by atoms with Crippen LogP contribution in [0.4, 0.5) is 8.78 Å². The molecule has 1 aliphatic carbocycles. The van der Waals surface area contributed by atoms with Gasteiger partial charge in [-0.3, -0.25) is 4.79 Å². The molecule has 21 heavy (non-hydrogen) atoms. The van der Waals surface area contributed by atoms with Gasteiger partial charge in [-0.15, -0.1) is 11.8 Å². The van der Waals surface area contributed by atoms with Crippen molar-refractivity contribution in [2.45, 2.75) is 36.6 Å². The number of aliphatic hydroxyl groups is 1. The summed E-state index contributed by atoms with van der Waals surface area (Å²) in [5.74, 6) is -1.21. The van der Waals surface area contributed by atoms with Crippen LogP contribution in [0.5, 0.6) is 0 Å². The minimum Gasteiger partial charge on any atom is -0.395 e. The molecular formula is C15H19F2NO2S. The summed E-state index contributed by atoms with van der Waals surface area (Å²) in [6.45, 7) is 0.345. The number of benzene rings is 1. The molecule has 0 atom stereocenters. The number of halogens is 2. The van der Waals surface area contributed by atoms with Crippen LogP contribution in [0.15, 0.2) is 23.1 Å². The Morgan fingerprint density at radius 2 is 2.10 bits per heavy atom. The molecule has 0 spiro atoms. The van der Waals surface area contributed by atoms with Gasteiger partial charge in [0.05, 0.1) is 6.61 Å². The summed E-state index contributed by atoms with van der Waals surface area (Å²) in [6.07, 6.45) is 3.47. The molecule has 0 radical (unpaired) electrons. The minimum absolute atomic E-state index is 0.0174. The van der Waals surface area contributed by atoms with Crippen LogP contribution in [-0.4, -0.2) is 40.9 Å². The quantitative estimate of drug-likeness (QED) is 0.787. The fourth-order valence-electron chi connectivity index (χ4n) is 2.28. The molecule has 1 aromatic rings. The van der Waals surface area contributed by atoms with Crippen LogP contribution < -0.4 is 0 Å². The van der Waals surface area contributed by atoms with Crippen molar-refractivity contribution in [3.8, 4) is 0 Å². The molecule has 0 unspecified atom stereocenters. The molecule has 0 aromatic heterocycles. The maximum Gasteiger partial charge on any atom is 0.223 e. The number of carbonyl (C=O) groups is 1. The normalized spacial score (nSPS) is 14.8. The van der Waals surface area contributed by atoms with E-state index < -0.39 is 11.6 Å². The Balaban J connectivity index is 1.80. The highest BCUT2D eigenvalue weighted by Gasteiger charge is 2.27. The summed E-state index contributed by atoms with van der Waals surface area (Å²) in [5, 5.41) is 9.04. The SMILES string of the molecule is O=C(CCSc1ccc(F)c(F)c1)N(CCO)C1CCC1. The summed E-state index contributed by atoms with van der Waals surface area (Å²) in [6, 6.07) is 4.00. The highest BCUT2D eigenvalue weighted by Crippen LogP contribution is 2.26. The van der Waals surface area contributed by atoms with Crippen LogP contribution in [0.1, 0.15) is 25.7 Å². The van der Waals surface area contributed by atoms with Crippen molar-refractivity contribution in [2.24, 2.45) is 0 Å². The van der Waals surface area contributed by atoms with Crippen LogP contribution in [-0.2, 0) is 4.79 Å². The molecule has 3 nitrogen and oxygen atoms in total. The van der Waals surface area contributed by atoms with Gasteiger partial charge in [0.25, 0.3) is 0 Å².